The summed E-state index contributed by atoms with van der Waals surface area (Å²) in [5.41, 5.74) is 0. The largest absolute Gasteiger partial charge is 0.463 e. The molecule has 0 aromatic rings. The first-order valence-corrected chi connectivity index (χ1v) is 7.54. The second-order valence-electron chi connectivity index (χ2n) is 4.95. The molecule has 0 heterocycles. The molecule has 0 saturated heterocycles. The lowest BCUT2D eigenvalue weighted by atomic mass is 10.1. The van der Waals surface area contributed by atoms with E-state index in [-0.39, 0.29) is 12.6 Å². The second kappa shape index (κ2) is 12.9. The van der Waals surface area contributed by atoms with Crippen molar-refractivity contribution in [1.82, 2.24) is 0 Å². The standard InChI is InChI=1S/C15H30O3/c1-3-5-6-7-8-9-10-11-12-14(16)13-18-15(17)4-2/h14,16H,3-13H2,1-2H3. The smallest absolute Gasteiger partial charge is 0.305 e. The van der Waals surface area contributed by atoms with E-state index in [1.165, 1.54) is 44.9 Å². The SMILES string of the molecule is CCCCCCCCCCC(O)COC(=O)CC. The second-order valence-corrected chi connectivity index (χ2v) is 4.95. The van der Waals surface area contributed by atoms with E-state index in [4.69, 9.17) is 4.74 Å². The molecule has 0 aliphatic heterocycles. The molecule has 108 valence electrons. The first kappa shape index (κ1) is 17.4. The maximum atomic E-state index is 10.9. The highest BCUT2D eigenvalue weighted by atomic mass is 16.5. The summed E-state index contributed by atoms with van der Waals surface area (Å²) < 4.78 is 4.89. The summed E-state index contributed by atoms with van der Waals surface area (Å²) >= 11 is 0. The summed E-state index contributed by atoms with van der Waals surface area (Å²) in [7, 11) is 0. The van der Waals surface area contributed by atoms with E-state index in [1.807, 2.05) is 0 Å². The number of carbonyl (C=O) groups is 1. The average molecular weight is 258 g/mol. The van der Waals surface area contributed by atoms with Gasteiger partial charge in [0.1, 0.15) is 6.61 Å². The average Bonchev–Trinajstić information content (AvgIpc) is 2.39. The summed E-state index contributed by atoms with van der Waals surface area (Å²) in [6.07, 6.45) is 10.7. The van der Waals surface area contributed by atoms with Crippen LogP contribution in [0, 0.1) is 0 Å². The Morgan fingerprint density at radius 1 is 1.00 bits per heavy atom. The Morgan fingerprint density at radius 3 is 2.11 bits per heavy atom. The highest BCUT2D eigenvalue weighted by Crippen LogP contribution is 2.10. The summed E-state index contributed by atoms with van der Waals surface area (Å²) in [4.78, 5) is 10.9. The highest BCUT2D eigenvalue weighted by molar-refractivity contribution is 5.68. The van der Waals surface area contributed by atoms with E-state index in [0.29, 0.717) is 6.42 Å². The molecule has 3 heteroatoms. The Labute approximate surface area is 112 Å². The third-order valence-corrected chi connectivity index (χ3v) is 3.12. The zero-order valence-electron chi connectivity index (χ0n) is 12.1. The number of esters is 1. The van der Waals surface area contributed by atoms with Crippen LogP contribution in [-0.2, 0) is 9.53 Å². The first-order chi connectivity index (χ1) is 8.70. The molecule has 0 aromatic carbocycles. The lowest BCUT2D eigenvalue weighted by molar-refractivity contribution is -0.146. The van der Waals surface area contributed by atoms with Gasteiger partial charge < -0.3 is 9.84 Å². The van der Waals surface area contributed by atoms with Crippen LogP contribution in [-0.4, -0.2) is 23.8 Å². The summed E-state index contributed by atoms with van der Waals surface area (Å²) in [6, 6.07) is 0. The minimum atomic E-state index is -0.486. The maximum Gasteiger partial charge on any atom is 0.305 e. The molecule has 0 radical (unpaired) electrons. The molecular weight excluding hydrogens is 228 g/mol. The van der Waals surface area contributed by atoms with Crippen LogP contribution in [0.2, 0.25) is 0 Å². The Morgan fingerprint density at radius 2 is 1.56 bits per heavy atom. The Bertz CT molecular complexity index is 192. The van der Waals surface area contributed by atoms with Gasteiger partial charge in [-0.2, -0.15) is 0 Å². The zero-order valence-corrected chi connectivity index (χ0v) is 12.1. The Kier molecular flexibility index (Phi) is 12.5. The molecule has 0 aliphatic rings. The lowest BCUT2D eigenvalue weighted by Gasteiger charge is -2.10. The number of hydrogen-bond donors (Lipinski definition) is 1. The summed E-state index contributed by atoms with van der Waals surface area (Å²) in [5.74, 6) is -0.232. The van der Waals surface area contributed by atoms with Crippen molar-refractivity contribution in [3.8, 4) is 0 Å². The van der Waals surface area contributed by atoms with Gasteiger partial charge in [-0.15, -0.1) is 0 Å². The predicted octanol–water partition coefficient (Wildman–Crippen LogP) is 3.83. The predicted molar refractivity (Wildman–Crippen MR) is 74.5 cm³/mol. The van der Waals surface area contributed by atoms with Gasteiger partial charge in [0.25, 0.3) is 0 Å². The molecule has 0 spiro atoms. The van der Waals surface area contributed by atoms with Crippen molar-refractivity contribution in [3.05, 3.63) is 0 Å². The fourth-order valence-corrected chi connectivity index (χ4v) is 1.89. The monoisotopic (exact) mass is 258 g/mol. The third kappa shape index (κ3) is 11.9. The number of unbranched alkanes of at least 4 members (excludes halogenated alkanes) is 7. The molecule has 18 heavy (non-hydrogen) atoms. The van der Waals surface area contributed by atoms with Crippen LogP contribution in [0.1, 0.15) is 78.1 Å². The molecule has 0 fully saturated rings. The van der Waals surface area contributed by atoms with E-state index < -0.39 is 6.10 Å². The van der Waals surface area contributed by atoms with Gasteiger partial charge in [-0.1, -0.05) is 65.2 Å². The van der Waals surface area contributed by atoms with Crippen LogP contribution in [0.25, 0.3) is 0 Å². The van der Waals surface area contributed by atoms with E-state index >= 15 is 0 Å². The van der Waals surface area contributed by atoms with E-state index in [0.717, 1.165) is 12.8 Å². The quantitative estimate of drug-likeness (QED) is 0.427. The molecule has 0 amide bonds. The van der Waals surface area contributed by atoms with Crippen LogP contribution in [0.3, 0.4) is 0 Å². The fraction of sp³-hybridized carbons (Fsp3) is 0.933. The Balaban J connectivity index is 3.20. The van der Waals surface area contributed by atoms with Crippen molar-refractivity contribution in [2.75, 3.05) is 6.61 Å². The van der Waals surface area contributed by atoms with Gasteiger partial charge in [-0.3, -0.25) is 4.79 Å². The van der Waals surface area contributed by atoms with Gasteiger partial charge >= 0.3 is 5.97 Å². The summed E-state index contributed by atoms with van der Waals surface area (Å²) in [6.45, 7) is 4.14. The fourth-order valence-electron chi connectivity index (χ4n) is 1.89. The number of aliphatic hydroxyl groups is 1. The molecule has 0 rings (SSSR count). The molecule has 3 nitrogen and oxygen atoms in total. The number of hydrogen-bond acceptors (Lipinski definition) is 3. The van der Waals surface area contributed by atoms with E-state index in [2.05, 4.69) is 6.92 Å². The molecule has 1 unspecified atom stereocenters. The van der Waals surface area contributed by atoms with Gasteiger partial charge in [0, 0.05) is 6.42 Å². The third-order valence-electron chi connectivity index (χ3n) is 3.12. The normalized spacial score (nSPS) is 12.4. The first-order valence-electron chi connectivity index (χ1n) is 7.54. The van der Waals surface area contributed by atoms with Crippen LogP contribution >= 0.6 is 0 Å². The number of ether oxygens (including phenoxy) is 1. The van der Waals surface area contributed by atoms with Crippen molar-refractivity contribution >= 4 is 5.97 Å². The van der Waals surface area contributed by atoms with Crippen LogP contribution in [0.15, 0.2) is 0 Å². The van der Waals surface area contributed by atoms with Crippen molar-refractivity contribution in [2.45, 2.75) is 84.2 Å². The number of aliphatic hydroxyl groups excluding tert-OH is 1. The van der Waals surface area contributed by atoms with Crippen molar-refractivity contribution in [2.24, 2.45) is 0 Å². The van der Waals surface area contributed by atoms with Crippen LogP contribution < -0.4 is 0 Å². The molecule has 1 N–H and O–H groups in total. The molecule has 0 aromatic heterocycles. The zero-order chi connectivity index (χ0) is 13.6. The van der Waals surface area contributed by atoms with E-state index in [9.17, 15) is 9.90 Å². The lowest BCUT2D eigenvalue weighted by Crippen LogP contribution is -2.18. The molecule has 0 bridgehead atoms. The molecular formula is C15H30O3. The minimum absolute atomic E-state index is 0.156. The van der Waals surface area contributed by atoms with Gasteiger partial charge in [-0.05, 0) is 6.42 Å². The van der Waals surface area contributed by atoms with Crippen molar-refractivity contribution < 1.29 is 14.6 Å². The number of rotatable bonds is 12. The molecule has 1 atom stereocenters. The topological polar surface area (TPSA) is 46.5 Å². The van der Waals surface area contributed by atoms with Gasteiger partial charge in [-0.25, -0.2) is 0 Å². The number of carbonyl (C=O) groups excluding carboxylic acids is 1. The van der Waals surface area contributed by atoms with Gasteiger partial charge in [0.2, 0.25) is 0 Å². The molecule has 0 aliphatic carbocycles. The van der Waals surface area contributed by atoms with Crippen LogP contribution in [0.4, 0.5) is 0 Å². The van der Waals surface area contributed by atoms with E-state index in [1.54, 1.807) is 6.92 Å². The maximum absolute atomic E-state index is 10.9. The summed E-state index contributed by atoms with van der Waals surface area (Å²) in [5, 5.41) is 9.59. The van der Waals surface area contributed by atoms with Gasteiger partial charge in [0.15, 0.2) is 0 Å². The van der Waals surface area contributed by atoms with Gasteiger partial charge in [0.05, 0.1) is 6.10 Å². The molecule has 0 saturated carbocycles. The highest BCUT2D eigenvalue weighted by Gasteiger charge is 2.06. The van der Waals surface area contributed by atoms with Crippen molar-refractivity contribution in [1.29, 1.82) is 0 Å². The minimum Gasteiger partial charge on any atom is -0.463 e. The van der Waals surface area contributed by atoms with Crippen molar-refractivity contribution in [3.63, 3.8) is 0 Å². The Hall–Kier alpha value is -0.570. The van der Waals surface area contributed by atoms with Crippen LogP contribution in [0.5, 0.6) is 0 Å².